The van der Waals surface area contributed by atoms with Crippen LogP contribution in [-0.2, 0) is 4.79 Å². The molecular weight excluding hydrogens is 208 g/mol. The number of rotatable bonds is 6. The average molecular weight is 230 g/mol. The van der Waals surface area contributed by atoms with Gasteiger partial charge in [-0.05, 0) is 32.9 Å². The highest BCUT2D eigenvalue weighted by Gasteiger charge is 2.32. The van der Waals surface area contributed by atoms with E-state index in [1.807, 2.05) is 11.8 Å². The molecule has 0 aliphatic carbocycles. The van der Waals surface area contributed by atoms with E-state index in [0.29, 0.717) is 6.04 Å². The molecule has 1 aliphatic heterocycles. The van der Waals surface area contributed by atoms with Crippen molar-refractivity contribution in [3.05, 3.63) is 0 Å². The van der Waals surface area contributed by atoms with Crippen LogP contribution in [0.5, 0.6) is 0 Å². The Morgan fingerprint density at radius 1 is 1.62 bits per heavy atom. The van der Waals surface area contributed by atoms with Gasteiger partial charge in [0.15, 0.2) is 5.60 Å². The highest BCUT2D eigenvalue weighted by Crippen LogP contribution is 2.11. The maximum atomic E-state index is 10.8. The highest BCUT2D eigenvalue weighted by molar-refractivity contribution is 5.76. The summed E-state index contributed by atoms with van der Waals surface area (Å²) >= 11 is 0. The predicted octanol–water partition coefficient (Wildman–Crippen LogP) is -0.104. The van der Waals surface area contributed by atoms with Crippen LogP contribution < -0.4 is 5.32 Å². The van der Waals surface area contributed by atoms with Crippen molar-refractivity contribution < 1.29 is 15.0 Å². The van der Waals surface area contributed by atoms with E-state index >= 15 is 0 Å². The van der Waals surface area contributed by atoms with E-state index in [4.69, 9.17) is 5.11 Å². The lowest BCUT2D eigenvalue weighted by Crippen LogP contribution is -2.49. The first-order valence-corrected chi connectivity index (χ1v) is 5.87. The van der Waals surface area contributed by atoms with E-state index < -0.39 is 11.6 Å². The first-order valence-electron chi connectivity index (χ1n) is 5.87. The summed E-state index contributed by atoms with van der Waals surface area (Å²) in [6, 6.07) is 0.435. The minimum atomic E-state index is -1.66. The molecule has 2 atom stereocenters. The molecule has 2 unspecified atom stereocenters. The molecule has 1 heterocycles. The number of hydrogen-bond donors (Lipinski definition) is 3. The molecule has 5 heteroatoms. The molecule has 0 bridgehead atoms. The molecule has 3 N–H and O–H groups in total. The van der Waals surface area contributed by atoms with Crippen LogP contribution in [0, 0.1) is 0 Å². The molecule has 0 aromatic heterocycles. The minimum Gasteiger partial charge on any atom is -0.479 e. The van der Waals surface area contributed by atoms with Crippen molar-refractivity contribution in [2.45, 2.75) is 38.3 Å². The van der Waals surface area contributed by atoms with Crippen molar-refractivity contribution in [3.8, 4) is 0 Å². The molecule has 1 aliphatic rings. The van der Waals surface area contributed by atoms with Crippen molar-refractivity contribution in [3.63, 3.8) is 0 Å². The van der Waals surface area contributed by atoms with Crippen LogP contribution in [0.2, 0.25) is 0 Å². The Bertz CT molecular complexity index is 237. The maximum Gasteiger partial charge on any atom is 0.336 e. The Kier molecular flexibility index (Phi) is 4.70. The molecule has 1 fully saturated rings. The summed E-state index contributed by atoms with van der Waals surface area (Å²) in [5, 5.41) is 21.9. The molecule has 1 rings (SSSR count). The summed E-state index contributed by atoms with van der Waals surface area (Å²) in [5.41, 5.74) is -1.66. The van der Waals surface area contributed by atoms with Crippen molar-refractivity contribution >= 4 is 5.97 Å². The lowest BCUT2D eigenvalue weighted by molar-refractivity contribution is -0.158. The molecule has 0 radical (unpaired) electrons. The third kappa shape index (κ3) is 3.73. The molecular formula is C11H22N2O3. The van der Waals surface area contributed by atoms with Crippen molar-refractivity contribution in [2.24, 2.45) is 0 Å². The zero-order valence-corrected chi connectivity index (χ0v) is 10.1. The van der Waals surface area contributed by atoms with E-state index in [9.17, 15) is 9.90 Å². The zero-order chi connectivity index (χ0) is 12.2. The number of carboxylic acid groups (broad SMARTS) is 1. The number of aliphatic carboxylic acids is 1. The number of aliphatic hydroxyl groups is 1. The molecule has 0 amide bonds. The molecule has 0 aromatic rings. The SMILES string of the molecule is CCN(CC1CCCN1)CC(C)(O)C(=O)O. The Morgan fingerprint density at radius 2 is 2.31 bits per heavy atom. The third-order valence-electron chi connectivity index (χ3n) is 3.08. The number of likely N-dealkylation sites (N-methyl/N-ethyl adjacent to an activating group) is 1. The normalized spacial score (nSPS) is 24.6. The largest absolute Gasteiger partial charge is 0.479 e. The fraction of sp³-hybridized carbons (Fsp3) is 0.909. The van der Waals surface area contributed by atoms with Gasteiger partial charge in [-0.2, -0.15) is 0 Å². The number of carboxylic acids is 1. The van der Waals surface area contributed by atoms with E-state index in [0.717, 1.165) is 26.1 Å². The van der Waals surface area contributed by atoms with Crippen LogP contribution in [0.3, 0.4) is 0 Å². The van der Waals surface area contributed by atoms with Gasteiger partial charge in [0, 0.05) is 19.1 Å². The van der Waals surface area contributed by atoms with Gasteiger partial charge in [0.2, 0.25) is 0 Å². The summed E-state index contributed by atoms with van der Waals surface area (Å²) < 4.78 is 0. The van der Waals surface area contributed by atoms with Crippen molar-refractivity contribution in [1.82, 2.24) is 10.2 Å². The Labute approximate surface area is 96.4 Å². The standard InChI is InChI=1S/C11H22N2O3/c1-3-13(7-9-5-4-6-12-9)8-11(2,16)10(14)15/h9,12,16H,3-8H2,1-2H3,(H,14,15). The van der Waals surface area contributed by atoms with E-state index in [-0.39, 0.29) is 6.54 Å². The monoisotopic (exact) mass is 230 g/mol. The van der Waals surface area contributed by atoms with E-state index in [1.54, 1.807) is 0 Å². The average Bonchev–Trinajstić information content (AvgIpc) is 2.68. The highest BCUT2D eigenvalue weighted by atomic mass is 16.4. The predicted molar refractivity (Wildman–Crippen MR) is 61.4 cm³/mol. The molecule has 94 valence electrons. The Hall–Kier alpha value is -0.650. The number of nitrogens with zero attached hydrogens (tertiary/aromatic N) is 1. The Balaban J connectivity index is 2.44. The van der Waals surface area contributed by atoms with E-state index in [1.165, 1.54) is 13.3 Å². The molecule has 0 saturated carbocycles. The number of hydrogen-bond acceptors (Lipinski definition) is 4. The third-order valence-corrected chi connectivity index (χ3v) is 3.08. The molecule has 16 heavy (non-hydrogen) atoms. The molecule has 5 nitrogen and oxygen atoms in total. The van der Waals surface area contributed by atoms with Gasteiger partial charge < -0.3 is 15.5 Å². The van der Waals surface area contributed by atoms with Gasteiger partial charge in [-0.1, -0.05) is 6.92 Å². The second kappa shape index (κ2) is 5.61. The van der Waals surface area contributed by atoms with Gasteiger partial charge in [-0.3, -0.25) is 4.90 Å². The first-order chi connectivity index (χ1) is 7.45. The second-order valence-corrected chi connectivity index (χ2v) is 4.70. The molecule has 1 saturated heterocycles. The van der Waals surface area contributed by atoms with Crippen molar-refractivity contribution in [1.29, 1.82) is 0 Å². The van der Waals surface area contributed by atoms with Gasteiger partial charge in [-0.25, -0.2) is 4.79 Å². The lowest BCUT2D eigenvalue weighted by Gasteiger charge is -2.29. The van der Waals surface area contributed by atoms with Crippen LogP contribution in [0.15, 0.2) is 0 Å². The quantitative estimate of drug-likeness (QED) is 0.594. The van der Waals surface area contributed by atoms with Crippen molar-refractivity contribution in [2.75, 3.05) is 26.2 Å². The van der Waals surface area contributed by atoms with Gasteiger partial charge in [0.1, 0.15) is 0 Å². The minimum absolute atomic E-state index is 0.178. The maximum absolute atomic E-state index is 10.8. The summed E-state index contributed by atoms with van der Waals surface area (Å²) in [6.45, 7) is 6.10. The number of carbonyl (C=O) groups is 1. The van der Waals surface area contributed by atoms with Gasteiger partial charge in [0.05, 0.1) is 0 Å². The summed E-state index contributed by atoms with van der Waals surface area (Å²) in [4.78, 5) is 12.8. The van der Waals surface area contributed by atoms with Gasteiger partial charge in [0.25, 0.3) is 0 Å². The number of nitrogens with one attached hydrogen (secondary N) is 1. The first kappa shape index (κ1) is 13.4. The summed E-state index contributed by atoms with van der Waals surface area (Å²) in [6.07, 6.45) is 2.31. The van der Waals surface area contributed by atoms with Crippen LogP contribution in [0.4, 0.5) is 0 Å². The van der Waals surface area contributed by atoms with E-state index in [2.05, 4.69) is 5.32 Å². The van der Waals surface area contributed by atoms with Gasteiger partial charge >= 0.3 is 5.97 Å². The summed E-state index contributed by atoms with van der Waals surface area (Å²) in [7, 11) is 0. The Morgan fingerprint density at radius 3 is 2.75 bits per heavy atom. The fourth-order valence-electron chi connectivity index (χ4n) is 2.03. The smallest absolute Gasteiger partial charge is 0.336 e. The van der Waals surface area contributed by atoms with Crippen LogP contribution in [0.25, 0.3) is 0 Å². The second-order valence-electron chi connectivity index (χ2n) is 4.70. The topological polar surface area (TPSA) is 72.8 Å². The molecule has 0 spiro atoms. The van der Waals surface area contributed by atoms with Crippen LogP contribution in [-0.4, -0.2) is 58.9 Å². The van der Waals surface area contributed by atoms with Crippen LogP contribution >= 0.6 is 0 Å². The lowest BCUT2D eigenvalue weighted by atomic mass is 10.1. The summed E-state index contributed by atoms with van der Waals surface area (Å²) in [5.74, 6) is -1.16. The molecule has 0 aromatic carbocycles. The zero-order valence-electron chi connectivity index (χ0n) is 10.1. The van der Waals surface area contributed by atoms with Crippen LogP contribution in [0.1, 0.15) is 26.7 Å². The fourth-order valence-corrected chi connectivity index (χ4v) is 2.03. The van der Waals surface area contributed by atoms with Gasteiger partial charge in [-0.15, -0.1) is 0 Å².